The van der Waals surface area contributed by atoms with Crippen LogP contribution < -0.4 is 15.9 Å². The van der Waals surface area contributed by atoms with Gasteiger partial charge in [0.05, 0.1) is 18.5 Å². The summed E-state index contributed by atoms with van der Waals surface area (Å²) in [4.78, 5) is 16.6. The summed E-state index contributed by atoms with van der Waals surface area (Å²) in [6.45, 7) is 4.17. The molecule has 8 heteroatoms. The van der Waals surface area contributed by atoms with Crippen LogP contribution in [0.15, 0.2) is 23.3 Å². The number of phenols is 1. The van der Waals surface area contributed by atoms with Crippen LogP contribution in [-0.4, -0.2) is 28.8 Å². The van der Waals surface area contributed by atoms with Gasteiger partial charge in [0.1, 0.15) is 4.88 Å². The van der Waals surface area contributed by atoms with Crippen LogP contribution in [0.5, 0.6) is 11.5 Å². The number of rotatable bonds is 6. The van der Waals surface area contributed by atoms with Crippen molar-refractivity contribution in [1.29, 1.82) is 0 Å². The summed E-state index contributed by atoms with van der Waals surface area (Å²) in [5.74, 6) is 0.0724. The van der Waals surface area contributed by atoms with E-state index in [0.29, 0.717) is 40.0 Å². The second kappa shape index (κ2) is 7.59. The number of aromatic nitrogens is 1. The molecule has 0 spiro atoms. The van der Waals surface area contributed by atoms with E-state index in [4.69, 9.17) is 10.5 Å². The van der Waals surface area contributed by atoms with Crippen molar-refractivity contribution in [1.82, 2.24) is 10.4 Å². The van der Waals surface area contributed by atoms with Gasteiger partial charge in [0.2, 0.25) is 0 Å². The Bertz CT molecular complexity index is 728. The predicted molar refractivity (Wildman–Crippen MR) is 90.2 cm³/mol. The van der Waals surface area contributed by atoms with Crippen molar-refractivity contribution in [2.24, 2.45) is 5.10 Å². The third kappa shape index (κ3) is 4.19. The maximum atomic E-state index is 12.1. The fraction of sp³-hybridized carbons (Fsp3) is 0.267. The van der Waals surface area contributed by atoms with E-state index in [1.807, 2.05) is 13.8 Å². The molecule has 0 unspecified atom stereocenters. The molecule has 2 rings (SSSR count). The first-order valence-corrected chi connectivity index (χ1v) is 7.91. The molecule has 0 atom stereocenters. The summed E-state index contributed by atoms with van der Waals surface area (Å²) in [6, 6.07) is 4.81. The summed E-state index contributed by atoms with van der Waals surface area (Å²) in [5, 5.41) is 13.9. The number of anilines is 1. The molecule has 0 saturated carbocycles. The minimum absolute atomic E-state index is 0.0563. The van der Waals surface area contributed by atoms with Gasteiger partial charge in [-0.1, -0.05) is 18.3 Å². The van der Waals surface area contributed by atoms with Gasteiger partial charge in [-0.2, -0.15) is 5.10 Å². The molecule has 1 aromatic carbocycles. The van der Waals surface area contributed by atoms with Crippen LogP contribution in [0, 0.1) is 0 Å². The Hall–Kier alpha value is -2.61. The highest BCUT2D eigenvalue weighted by molar-refractivity contribution is 7.17. The molecule has 0 aliphatic rings. The van der Waals surface area contributed by atoms with Gasteiger partial charge in [-0.15, -0.1) is 0 Å². The van der Waals surface area contributed by atoms with Gasteiger partial charge in [0.15, 0.2) is 16.6 Å². The fourth-order valence-electron chi connectivity index (χ4n) is 1.89. The number of thiazole rings is 1. The van der Waals surface area contributed by atoms with Crippen molar-refractivity contribution in [3.05, 3.63) is 34.3 Å². The molecule has 2 aromatic rings. The second-order valence-corrected chi connectivity index (χ2v) is 5.57. The van der Waals surface area contributed by atoms with Crippen LogP contribution in [0.4, 0.5) is 5.13 Å². The Labute approximate surface area is 137 Å². The van der Waals surface area contributed by atoms with Crippen LogP contribution in [0.3, 0.4) is 0 Å². The van der Waals surface area contributed by atoms with Gasteiger partial charge in [-0.3, -0.25) is 4.79 Å². The van der Waals surface area contributed by atoms with E-state index in [1.165, 1.54) is 12.3 Å². The lowest BCUT2D eigenvalue weighted by atomic mass is 10.2. The number of hydrazone groups is 1. The Morgan fingerprint density at radius 2 is 2.30 bits per heavy atom. The van der Waals surface area contributed by atoms with Crippen molar-refractivity contribution in [3.8, 4) is 11.5 Å². The van der Waals surface area contributed by atoms with Crippen LogP contribution in [-0.2, 0) is 6.42 Å². The molecular formula is C15H18N4O3S. The van der Waals surface area contributed by atoms with Crippen molar-refractivity contribution in [3.63, 3.8) is 0 Å². The van der Waals surface area contributed by atoms with Gasteiger partial charge >= 0.3 is 0 Å². The van der Waals surface area contributed by atoms with Crippen molar-refractivity contribution >= 4 is 28.6 Å². The lowest BCUT2D eigenvalue weighted by Crippen LogP contribution is -2.17. The number of nitrogen functional groups attached to an aromatic ring is 1. The quantitative estimate of drug-likeness (QED) is 0.554. The zero-order chi connectivity index (χ0) is 16.8. The number of hydrogen-bond donors (Lipinski definition) is 3. The second-order valence-electron chi connectivity index (χ2n) is 4.54. The highest BCUT2D eigenvalue weighted by atomic mass is 32.1. The lowest BCUT2D eigenvalue weighted by Gasteiger charge is -2.06. The monoisotopic (exact) mass is 334 g/mol. The van der Waals surface area contributed by atoms with Gasteiger partial charge < -0.3 is 15.6 Å². The number of aromatic hydroxyl groups is 1. The van der Waals surface area contributed by atoms with E-state index in [1.54, 1.807) is 12.1 Å². The Kier molecular flexibility index (Phi) is 5.53. The average Bonchev–Trinajstić information content (AvgIpc) is 2.91. The number of nitrogens with two attached hydrogens (primary N) is 1. The molecule has 0 radical (unpaired) electrons. The number of carbonyl (C=O) groups excluding carboxylic acids is 1. The highest BCUT2D eigenvalue weighted by Crippen LogP contribution is 2.26. The molecule has 0 aliphatic heterocycles. The van der Waals surface area contributed by atoms with E-state index in [2.05, 4.69) is 15.5 Å². The molecule has 1 amide bonds. The summed E-state index contributed by atoms with van der Waals surface area (Å²) in [7, 11) is 0. The van der Waals surface area contributed by atoms with E-state index < -0.39 is 0 Å². The summed E-state index contributed by atoms with van der Waals surface area (Å²) in [6.07, 6.45) is 2.09. The maximum Gasteiger partial charge on any atom is 0.283 e. The molecule has 0 bridgehead atoms. The van der Waals surface area contributed by atoms with Crippen LogP contribution in [0.25, 0.3) is 0 Å². The summed E-state index contributed by atoms with van der Waals surface area (Å²) >= 11 is 1.13. The van der Waals surface area contributed by atoms with Gasteiger partial charge in [0.25, 0.3) is 5.91 Å². The first-order chi connectivity index (χ1) is 11.0. The van der Waals surface area contributed by atoms with E-state index in [9.17, 15) is 9.90 Å². The van der Waals surface area contributed by atoms with Crippen LogP contribution >= 0.6 is 11.3 Å². The first kappa shape index (κ1) is 16.8. The molecule has 23 heavy (non-hydrogen) atoms. The summed E-state index contributed by atoms with van der Waals surface area (Å²) < 4.78 is 5.29. The number of carbonyl (C=O) groups is 1. The third-order valence-corrected chi connectivity index (χ3v) is 3.84. The van der Waals surface area contributed by atoms with Gasteiger partial charge in [-0.05, 0) is 37.1 Å². The van der Waals surface area contributed by atoms with E-state index >= 15 is 0 Å². The number of ether oxygens (including phenoxy) is 1. The number of benzene rings is 1. The molecule has 122 valence electrons. The Morgan fingerprint density at radius 3 is 3.00 bits per heavy atom. The fourth-order valence-corrected chi connectivity index (χ4v) is 2.70. The number of aryl methyl sites for hydroxylation is 1. The smallest absolute Gasteiger partial charge is 0.283 e. The predicted octanol–water partition coefficient (Wildman–Crippen LogP) is 2.16. The molecule has 0 fully saturated rings. The molecule has 1 aromatic heterocycles. The number of nitrogens with one attached hydrogen (secondary N) is 1. The number of hydrogen-bond acceptors (Lipinski definition) is 7. The van der Waals surface area contributed by atoms with Crippen molar-refractivity contribution in [2.75, 3.05) is 12.3 Å². The molecule has 4 N–H and O–H groups in total. The number of amides is 1. The van der Waals surface area contributed by atoms with Crippen molar-refractivity contribution in [2.45, 2.75) is 20.3 Å². The Balaban J connectivity index is 2.06. The highest BCUT2D eigenvalue weighted by Gasteiger charge is 2.15. The summed E-state index contributed by atoms with van der Waals surface area (Å²) in [5.41, 5.74) is 9.41. The molecule has 0 saturated heterocycles. The van der Waals surface area contributed by atoms with Crippen LogP contribution in [0.1, 0.15) is 34.8 Å². The standard InChI is InChI=1S/C15H18N4O3S/c1-3-10-13(23-15(16)18-10)14(21)19-17-8-9-5-6-11(20)12(7-9)22-4-2/h5-8,20H,3-4H2,1-2H3,(H2,16,18)(H,19,21)/b17-8-. The van der Waals surface area contributed by atoms with Gasteiger partial charge in [0, 0.05) is 0 Å². The molecule has 1 heterocycles. The third-order valence-electron chi connectivity index (χ3n) is 2.92. The molecule has 7 nitrogen and oxygen atoms in total. The zero-order valence-electron chi connectivity index (χ0n) is 12.9. The van der Waals surface area contributed by atoms with Gasteiger partial charge in [-0.25, -0.2) is 10.4 Å². The largest absolute Gasteiger partial charge is 0.504 e. The maximum absolute atomic E-state index is 12.1. The minimum Gasteiger partial charge on any atom is -0.504 e. The number of phenolic OH excluding ortho intramolecular Hbond substituents is 1. The van der Waals surface area contributed by atoms with E-state index in [-0.39, 0.29) is 11.7 Å². The zero-order valence-corrected chi connectivity index (χ0v) is 13.7. The minimum atomic E-state index is -0.351. The molecular weight excluding hydrogens is 316 g/mol. The first-order valence-electron chi connectivity index (χ1n) is 7.09. The number of nitrogens with zero attached hydrogens (tertiary/aromatic N) is 2. The molecule has 0 aliphatic carbocycles. The van der Waals surface area contributed by atoms with Crippen molar-refractivity contribution < 1.29 is 14.6 Å². The Morgan fingerprint density at radius 1 is 1.52 bits per heavy atom. The lowest BCUT2D eigenvalue weighted by molar-refractivity contribution is 0.0958. The van der Waals surface area contributed by atoms with Crippen LogP contribution in [0.2, 0.25) is 0 Å². The normalized spacial score (nSPS) is 10.9. The topological polar surface area (TPSA) is 110 Å². The average molecular weight is 334 g/mol. The SMILES string of the molecule is CCOc1cc(/C=N\NC(=O)c2sc(N)nc2CC)ccc1O. The van der Waals surface area contributed by atoms with E-state index in [0.717, 1.165) is 11.3 Å².